The smallest absolute Gasteiger partial charge is 0.410 e. The summed E-state index contributed by atoms with van der Waals surface area (Å²) in [5.41, 5.74) is 6.88. The number of benzene rings is 2. The fourth-order valence-electron chi connectivity index (χ4n) is 10.7. The minimum atomic E-state index is -2.05. The Balaban J connectivity index is 0.941. The van der Waals surface area contributed by atoms with E-state index in [-0.39, 0.29) is 92.8 Å². The highest BCUT2D eigenvalue weighted by atomic mass is 16.7. The van der Waals surface area contributed by atoms with Crippen molar-refractivity contribution in [3.63, 3.8) is 0 Å². The summed E-state index contributed by atoms with van der Waals surface area (Å²) in [4.78, 5) is 112. The Morgan fingerprint density at radius 1 is 0.826 bits per heavy atom. The molecule has 4 aromatic rings. The number of cyclic esters (lactones) is 1. The van der Waals surface area contributed by atoms with Crippen molar-refractivity contribution < 1.29 is 97.0 Å². The first-order valence-corrected chi connectivity index (χ1v) is 30.9. The summed E-state index contributed by atoms with van der Waals surface area (Å²) in [5, 5.41) is 64.6. The van der Waals surface area contributed by atoms with Crippen LogP contribution in [0.3, 0.4) is 0 Å². The minimum absolute atomic E-state index is 0.0223. The van der Waals surface area contributed by atoms with Crippen LogP contribution in [0.5, 0.6) is 5.75 Å². The lowest BCUT2D eigenvalue weighted by Crippen LogP contribution is -2.61. The second-order valence-corrected chi connectivity index (χ2v) is 23.2. The van der Waals surface area contributed by atoms with Gasteiger partial charge in [-0.15, -0.1) is 0 Å². The quantitative estimate of drug-likeness (QED) is 0.0204. The fourth-order valence-corrected chi connectivity index (χ4v) is 10.7. The van der Waals surface area contributed by atoms with E-state index in [0.717, 1.165) is 22.9 Å². The number of nitrogens with one attached hydrogen (secondary N) is 4. The molecule has 2 aromatic heterocycles. The molecule has 0 unspecified atom stereocenters. The van der Waals surface area contributed by atoms with Gasteiger partial charge in [0, 0.05) is 42.1 Å². The lowest BCUT2D eigenvalue weighted by molar-refractivity contribution is -0.271. The SMILES string of the molecule is CCC[C@H](N)C(=O)NCCOCCOCCOCCOCCC(=O)N[C@H](C(=O)N[C@@H](C)C(=O)Nc1ccc(COC(=O)N(CCc2c3c(nc4ccccc24)-c2cc4c(c(=O)n2C3)COC(=O)[C@]4(O)CC)C(C)C)cc1O[C@@H]1O[C@H](C(=O)O)[C@@H](O)[C@H](O)[C@H]1O)C(C)C. The van der Waals surface area contributed by atoms with Crippen molar-refractivity contribution in [1.29, 1.82) is 0 Å². The van der Waals surface area contributed by atoms with E-state index >= 15 is 0 Å². The first kappa shape index (κ1) is 71.7. The Morgan fingerprint density at radius 3 is 2.15 bits per heavy atom. The number of anilines is 1. The number of pyridine rings is 2. The number of aliphatic hydroxyl groups is 4. The number of aliphatic carboxylic acids is 1. The molecule has 5 heterocycles. The maximum Gasteiger partial charge on any atom is 0.410 e. The van der Waals surface area contributed by atoms with Gasteiger partial charge in [-0.3, -0.25) is 24.0 Å². The number of hydrogen-bond acceptors (Lipinski definition) is 22. The highest BCUT2D eigenvalue weighted by Gasteiger charge is 2.49. The van der Waals surface area contributed by atoms with E-state index in [1.54, 1.807) is 45.3 Å². The molecule has 0 spiro atoms. The van der Waals surface area contributed by atoms with Gasteiger partial charge < -0.3 is 99.9 Å². The number of fused-ring (bicyclic) bond motifs is 5. The average Bonchev–Trinajstić information content (AvgIpc) is 1.70. The first-order valence-electron chi connectivity index (χ1n) is 30.9. The molecule has 9 atom stereocenters. The van der Waals surface area contributed by atoms with Crippen molar-refractivity contribution >= 4 is 58.3 Å². The Bertz CT molecular complexity index is 3330. The van der Waals surface area contributed by atoms with Crippen LogP contribution in [0.2, 0.25) is 0 Å². The molecule has 3 aliphatic heterocycles. The third-order valence-electron chi connectivity index (χ3n) is 16.0. The predicted molar refractivity (Wildman–Crippen MR) is 328 cm³/mol. The zero-order chi connectivity index (χ0) is 67.0. The van der Waals surface area contributed by atoms with E-state index in [1.165, 1.54) is 30.0 Å². The van der Waals surface area contributed by atoms with Gasteiger partial charge in [0.25, 0.3) is 5.56 Å². The van der Waals surface area contributed by atoms with Crippen molar-refractivity contribution in [3.8, 4) is 17.1 Å². The summed E-state index contributed by atoms with van der Waals surface area (Å²) < 4.78 is 45.9. The number of carboxylic acid groups (broad SMARTS) is 1. The predicted octanol–water partition coefficient (Wildman–Crippen LogP) is 1.22. The molecule has 0 bridgehead atoms. The van der Waals surface area contributed by atoms with Crippen LogP contribution in [0, 0.1) is 5.92 Å². The van der Waals surface area contributed by atoms with E-state index in [2.05, 4.69) is 21.3 Å². The van der Waals surface area contributed by atoms with Crippen LogP contribution in [-0.4, -0.2) is 202 Å². The zero-order valence-corrected chi connectivity index (χ0v) is 52.8. The largest absolute Gasteiger partial charge is 0.479 e. The lowest BCUT2D eigenvalue weighted by Gasteiger charge is -2.38. The fraction of sp³-hybridized carbons (Fsp3) is 0.571. The number of carboxylic acids is 1. The number of carbonyl (C=O) groups excluding carboxylic acids is 6. The summed E-state index contributed by atoms with van der Waals surface area (Å²) in [6.07, 6.45) is -9.27. The van der Waals surface area contributed by atoms with Crippen LogP contribution in [0.4, 0.5) is 10.5 Å². The molecule has 0 radical (unpaired) electrons. The van der Waals surface area contributed by atoms with Crippen LogP contribution in [0.25, 0.3) is 22.3 Å². The van der Waals surface area contributed by atoms with Crippen LogP contribution >= 0.6 is 0 Å². The third-order valence-corrected chi connectivity index (χ3v) is 16.0. The molecule has 5 amide bonds. The van der Waals surface area contributed by atoms with E-state index < -0.39 is 114 Å². The number of carbonyl (C=O) groups is 7. The van der Waals surface area contributed by atoms with Crippen molar-refractivity contribution in [1.82, 2.24) is 30.4 Å². The number of nitrogens with zero attached hydrogens (tertiary/aromatic N) is 3. The standard InChI is InChI=1S/C63H86N8O21/c1-8-12-43(64)56(77)65-19-22-86-24-26-88-28-27-87-25-23-85-21-18-48(72)69-49(34(3)4)57(78)66-36(7)55(76)68-45-16-15-37(29-47(45)91-60-53(75)51(73)52(74)54(92-60)59(80)81)32-90-62(83)70(35(5)6)20-17-38-39-13-10-11-14-44(39)67-50-40(38)31-71-46(50)30-42-41(58(71)79)33-89-61(82)63(42,84)9-2/h10-11,13-16,29-30,34-36,43,49,51-54,60,73-75,84H,8-9,12,17-28,31-33,64H2,1-7H3,(H,65,77)(H,66,78)(H,68,76)(H,69,72)(H,80,81)/t36-,43-,49-,51-,52-,53+,54-,60+,63-/m0/s1. The first-order chi connectivity index (χ1) is 43.9. The second kappa shape index (κ2) is 33.2. The van der Waals surface area contributed by atoms with Gasteiger partial charge in [-0.2, -0.15) is 0 Å². The molecule has 0 saturated carbocycles. The number of aliphatic hydroxyl groups excluding tert-OH is 3. The summed E-state index contributed by atoms with van der Waals surface area (Å²) >= 11 is 0. The van der Waals surface area contributed by atoms with Crippen molar-refractivity contribution in [2.24, 2.45) is 11.7 Å². The molecular formula is C63H86N8O21. The van der Waals surface area contributed by atoms with E-state index in [4.69, 9.17) is 48.6 Å². The summed E-state index contributed by atoms with van der Waals surface area (Å²) in [6, 6.07) is 9.87. The third kappa shape index (κ3) is 17.7. The number of nitrogens with two attached hydrogens (primary N) is 1. The zero-order valence-electron chi connectivity index (χ0n) is 52.8. The highest BCUT2D eigenvalue weighted by Crippen LogP contribution is 2.41. The molecular weight excluding hydrogens is 1200 g/mol. The van der Waals surface area contributed by atoms with Crippen molar-refractivity contribution in [3.05, 3.63) is 86.7 Å². The minimum Gasteiger partial charge on any atom is -0.479 e. The maximum atomic E-state index is 14.1. The van der Waals surface area contributed by atoms with Crippen LogP contribution < -0.4 is 37.3 Å². The lowest BCUT2D eigenvalue weighted by atomic mass is 9.86. The van der Waals surface area contributed by atoms with E-state index in [0.29, 0.717) is 62.9 Å². The van der Waals surface area contributed by atoms with Gasteiger partial charge in [0.15, 0.2) is 11.7 Å². The van der Waals surface area contributed by atoms with Gasteiger partial charge in [-0.1, -0.05) is 58.4 Å². The average molecular weight is 1290 g/mol. The number of esters is 1. The summed E-state index contributed by atoms with van der Waals surface area (Å²) in [5.74, 6) is -5.43. The highest BCUT2D eigenvalue weighted by molar-refractivity contribution is 5.99. The number of ether oxygens (including phenoxy) is 8. The molecule has 92 heavy (non-hydrogen) atoms. The van der Waals surface area contributed by atoms with E-state index in [1.807, 2.05) is 31.2 Å². The molecule has 504 valence electrons. The van der Waals surface area contributed by atoms with Gasteiger partial charge in [0.2, 0.25) is 29.9 Å². The van der Waals surface area contributed by atoms with Gasteiger partial charge >= 0.3 is 18.0 Å². The van der Waals surface area contributed by atoms with Gasteiger partial charge in [0.1, 0.15) is 49.4 Å². The van der Waals surface area contributed by atoms with E-state index in [9.17, 15) is 63.9 Å². The van der Waals surface area contributed by atoms with Crippen LogP contribution in [0.1, 0.15) is 102 Å². The maximum absolute atomic E-state index is 14.1. The number of para-hydroxylation sites is 1. The molecule has 29 nitrogen and oxygen atoms in total. The molecule has 0 aliphatic carbocycles. The normalized spacial score (nSPS) is 20.1. The Hall–Kier alpha value is -7.71. The second-order valence-electron chi connectivity index (χ2n) is 23.2. The van der Waals surface area contributed by atoms with Crippen molar-refractivity contribution in [2.45, 2.75) is 161 Å². The molecule has 11 N–H and O–H groups in total. The Kier molecular flexibility index (Phi) is 25.9. The molecule has 1 fully saturated rings. The number of amides is 5. The van der Waals surface area contributed by atoms with Crippen molar-refractivity contribution in [2.75, 3.05) is 71.3 Å². The number of rotatable bonds is 34. The van der Waals surface area contributed by atoms with Gasteiger partial charge in [0.05, 0.1) is 93.6 Å². The monoisotopic (exact) mass is 1290 g/mol. The molecule has 2 aromatic carbocycles. The Morgan fingerprint density at radius 2 is 1.50 bits per heavy atom. The summed E-state index contributed by atoms with van der Waals surface area (Å²) in [7, 11) is 0. The van der Waals surface area contributed by atoms with Gasteiger partial charge in [-0.25, -0.2) is 19.4 Å². The summed E-state index contributed by atoms with van der Waals surface area (Å²) in [6.45, 7) is 13.9. The molecule has 1 saturated heterocycles. The number of hydrogen-bond donors (Lipinski definition) is 10. The van der Waals surface area contributed by atoms with Crippen LogP contribution in [0.15, 0.2) is 53.3 Å². The molecule has 29 heteroatoms. The molecule has 3 aliphatic rings. The van der Waals surface area contributed by atoms with Gasteiger partial charge in [-0.05, 0) is 81.3 Å². The Labute approximate surface area is 531 Å². The number of aromatic nitrogens is 2. The topological polar surface area (TPSA) is 407 Å². The molecule has 7 rings (SSSR count). The van der Waals surface area contributed by atoms with Crippen LogP contribution in [-0.2, 0) is 93.7 Å².